The fraction of sp³-hybridized carbons (Fsp3) is 0.571. The highest BCUT2D eigenvalue weighted by Gasteiger charge is 2.32. The lowest BCUT2D eigenvalue weighted by Crippen LogP contribution is -2.39. The maximum absolute atomic E-state index is 13.5. The second kappa shape index (κ2) is 7.71. The topological polar surface area (TPSA) is 60.2 Å². The minimum Gasteiger partial charge on any atom is -0.477 e. The highest BCUT2D eigenvalue weighted by atomic mass is 16.5. The molecule has 4 rings (SSSR count). The molecule has 1 saturated carbocycles. The number of pyridine rings is 1. The van der Waals surface area contributed by atoms with Gasteiger partial charge in [0.25, 0.3) is 5.91 Å². The molecule has 2 aromatic heterocycles. The van der Waals surface area contributed by atoms with Gasteiger partial charge in [-0.05, 0) is 56.7 Å². The van der Waals surface area contributed by atoms with Gasteiger partial charge in [-0.2, -0.15) is 5.10 Å². The smallest absolute Gasteiger partial charge is 0.259 e. The second-order valence-electron chi connectivity index (χ2n) is 7.51. The molecule has 2 heterocycles. The van der Waals surface area contributed by atoms with Crippen molar-refractivity contribution in [2.45, 2.75) is 64.5 Å². The summed E-state index contributed by atoms with van der Waals surface area (Å²) in [6, 6.07) is 3.90. The predicted molar refractivity (Wildman–Crippen MR) is 103 cm³/mol. The second-order valence-corrected chi connectivity index (χ2v) is 7.51. The van der Waals surface area contributed by atoms with Crippen LogP contribution in [0, 0.1) is 0 Å². The molecule has 0 saturated heterocycles. The number of aryl methyl sites for hydroxylation is 1. The number of fused-ring (bicyclic) bond motifs is 1. The molecular weight excluding hydrogens is 340 g/mol. The van der Waals surface area contributed by atoms with E-state index in [9.17, 15) is 4.79 Å². The van der Waals surface area contributed by atoms with Crippen LogP contribution in [0.1, 0.15) is 66.3 Å². The van der Waals surface area contributed by atoms with Crippen LogP contribution >= 0.6 is 0 Å². The Morgan fingerprint density at radius 1 is 1.30 bits per heavy atom. The average Bonchev–Trinajstić information content (AvgIpc) is 3.41. The molecule has 1 fully saturated rings. The Labute approximate surface area is 160 Å². The first kappa shape index (κ1) is 18.0. The normalized spacial score (nSPS) is 16.5. The predicted octanol–water partition coefficient (Wildman–Crippen LogP) is 3.29. The molecule has 27 heavy (non-hydrogen) atoms. The number of nitrogens with zero attached hydrogens (tertiary/aromatic N) is 4. The number of aromatic nitrogens is 3. The van der Waals surface area contributed by atoms with Gasteiger partial charge in [0.15, 0.2) is 0 Å². The molecule has 2 aromatic rings. The highest BCUT2D eigenvalue weighted by molar-refractivity contribution is 5.96. The average molecular weight is 368 g/mol. The molecule has 6 nitrogen and oxygen atoms in total. The third-order valence-electron chi connectivity index (χ3n) is 5.83. The van der Waals surface area contributed by atoms with E-state index in [1.807, 2.05) is 29.6 Å². The van der Waals surface area contributed by atoms with Crippen molar-refractivity contribution in [3.63, 3.8) is 0 Å². The SMILES string of the molecule is CCOc1ncccc1C(=O)N(Cc1nn(C)c2c1CCC2)C1CCCC1. The Morgan fingerprint density at radius 3 is 2.89 bits per heavy atom. The molecule has 0 aliphatic heterocycles. The minimum absolute atomic E-state index is 0.0100. The number of rotatable bonds is 6. The van der Waals surface area contributed by atoms with E-state index < -0.39 is 0 Å². The van der Waals surface area contributed by atoms with Crippen molar-refractivity contribution in [2.75, 3.05) is 6.61 Å². The van der Waals surface area contributed by atoms with Gasteiger partial charge in [0.05, 0.1) is 18.8 Å². The van der Waals surface area contributed by atoms with Crippen molar-refractivity contribution in [3.8, 4) is 5.88 Å². The third-order valence-corrected chi connectivity index (χ3v) is 5.83. The Kier molecular flexibility index (Phi) is 5.14. The summed E-state index contributed by atoms with van der Waals surface area (Å²) in [4.78, 5) is 19.8. The molecule has 2 aliphatic carbocycles. The molecule has 0 atom stereocenters. The van der Waals surface area contributed by atoms with E-state index in [1.165, 1.54) is 30.5 Å². The van der Waals surface area contributed by atoms with Crippen LogP contribution in [0.5, 0.6) is 5.88 Å². The summed E-state index contributed by atoms with van der Waals surface area (Å²) in [6.07, 6.45) is 9.50. The first-order valence-corrected chi connectivity index (χ1v) is 10.1. The van der Waals surface area contributed by atoms with Crippen LogP contribution in [0.25, 0.3) is 0 Å². The van der Waals surface area contributed by atoms with Gasteiger partial charge in [-0.3, -0.25) is 9.48 Å². The fourth-order valence-corrected chi connectivity index (χ4v) is 4.53. The first-order valence-electron chi connectivity index (χ1n) is 10.1. The molecular formula is C21H28N4O2. The Balaban J connectivity index is 1.66. The number of carbonyl (C=O) groups is 1. The molecule has 0 radical (unpaired) electrons. The summed E-state index contributed by atoms with van der Waals surface area (Å²) < 4.78 is 7.63. The van der Waals surface area contributed by atoms with Crippen molar-refractivity contribution >= 4 is 5.91 Å². The summed E-state index contributed by atoms with van der Waals surface area (Å²) in [5, 5.41) is 4.75. The van der Waals surface area contributed by atoms with Gasteiger partial charge in [0, 0.05) is 25.0 Å². The largest absolute Gasteiger partial charge is 0.477 e. The lowest BCUT2D eigenvalue weighted by atomic mass is 10.1. The van der Waals surface area contributed by atoms with Crippen molar-refractivity contribution < 1.29 is 9.53 Å². The highest BCUT2D eigenvalue weighted by Crippen LogP contribution is 2.31. The van der Waals surface area contributed by atoms with Crippen LogP contribution in [0.4, 0.5) is 0 Å². The summed E-state index contributed by atoms with van der Waals surface area (Å²) >= 11 is 0. The zero-order valence-corrected chi connectivity index (χ0v) is 16.3. The third kappa shape index (κ3) is 3.45. The van der Waals surface area contributed by atoms with Crippen molar-refractivity contribution in [1.29, 1.82) is 0 Å². The molecule has 2 aliphatic rings. The van der Waals surface area contributed by atoms with Crippen LogP contribution in [-0.4, -0.2) is 38.2 Å². The van der Waals surface area contributed by atoms with Crippen LogP contribution < -0.4 is 4.74 Å². The number of hydrogen-bond donors (Lipinski definition) is 0. The lowest BCUT2D eigenvalue weighted by Gasteiger charge is -2.29. The Hall–Kier alpha value is -2.37. The van der Waals surface area contributed by atoms with Crippen LogP contribution in [0.15, 0.2) is 18.3 Å². The van der Waals surface area contributed by atoms with Crippen LogP contribution in [0.3, 0.4) is 0 Å². The molecule has 6 heteroatoms. The quantitative estimate of drug-likeness (QED) is 0.785. The van der Waals surface area contributed by atoms with Gasteiger partial charge in [-0.1, -0.05) is 12.8 Å². The van der Waals surface area contributed by atoms with E-state index in [1.54, 1.807) is 12.3 Å². The summed E-state index contributed by atoms with van der Waals surface area (Å²) in [5.41, 5.74) is 4.30. The first-order chi connectivity index (χ1) is 13.2. The number of hydrogen-bond acceptors (Lipinski definition) is 4. The van der Waals surface area contributed by atoms with Gasteiger partial charge in [0.1, 0.15) is 5.56 Å². The van der Waals surface area contributed by atoms with E-state index in [0.29, 0.717) is 24.6 Å². The van der Waals surface area contributed by atoms with Crippen molar-refractivity contribution in [2.24, 2.45) is 7.05 Å². The molecule has 0 bridgehead atoms. The number of amides is 1. The summed E-state index contributed by atoms with van der Waals surface area (Å²) in [6.45, 7) is 2.98. The zero-order chi connectivity index (χ0) is 18.8. The molecule has 0 spiro atoms. The molecule has 0 unspecified atom stereocenters. The maximum atomic E-state index is 13.5. The Morgan fingerprint density at radius 2 is 2.11 bits per heavy atom. The van der Waals surface area contributed by atoms with Crippen LogP contribution in [-0.2, 0) is 26.4 Å². The monoisotopic (exact) mass is 368 g/mol. The number of carbonyl (C=O) groups excluding carboxylic acids is 1. The van der Waals surface area contributed by atoms with Gasteiger partial charge in [-0.15, -0.1) is 0 Å². The van der Waals surface area contributed by atoms with Gasteiger partial charge in [-0.25, -0.2) is 4.98 Å². The maximum Gasteiger partial charge on any atom is 0.259 e. The van der Waals surface area contributed by atoms with Gasteiger partial charge >= 0.3 is 0 Å². The molecule has 0 N–H and O–H groups in total. The summed E-state index contributed by atoms with van der Waals surface area (Å²) in [7, 11) is 2.02. The van der Waals surface area contributed by atoms with E-state index in [0.717, 1.165) is 31.4 Å². The Bertz CT molecular complexity index is 824. The zero-order valence-electron chi connectivity index (χ0n) is 16.3. The van der Waals surface area contributed by atoms with Gasteiger partial charge in [0.2, 0.25) is 5.88 Å². The fourth-order valence-electron chi connectivity index (χ4n) is 4.53. The van der Waals surface area contributed by atoms with Crippen molar-refractivity contribution in [3.05, 3.63) is 40.8 Å². The molecule has 1 amide bonds. The minimum atomic E-state index is 0.0100. The van der Waals surface area contributed by atoms with Crippen LogP contribution in [0.2, 0.25) is 0 Å². The lowest BCUT2D eigenvalue weighted by molar-refractivity contribution is 0.0655. The van der Waals surface area contributed by atoms with E-state index >= 15 is 0 Å². The van der Waals surface area contributed by atoms with E-state index in [4.69, 9.17) is 9.84 Å². The van der Waals surface area contributed by atoms with Crippen molar-refractivity contribution in [1.82, 2.24) is 19.7 Å². The molecule has 144 valence electrons. The summed E-state index contributed by atoms with van der Waals surface area (Å²) in [5.74, 6) is 0.440. The van der Waals surface area contributed by atoms with E-state index in [2.05, 4.69) is 4.98 Å². The molecule has 0 aromatic carbocycles. The van der Waals surface area contributed by atoms with Gasteiger partial charge < -0.3 is 9.64 Å². The number of ether oxygens (including phenoxy) is 1. The van der Waals surface area contributed by atoms with E-state index in [-0.39, 0.29) is 11.9 Å². The standard InChI is InChI=1S/C21H28N4O2/c1-3-27-20-17(11-7-13-22-20)21(26)25(15-8-4-5-9-15)14-18-16-10-6-12-19(16)24(2)23-18/h7,11,13,15H,3-6,8-10,12,14H2,1-2H3.